The Morgan fingerprint density at radius 2 is 2.44 bits per heavy atom. The zero-order valence-electron chi connectivity index (χ0n) is 9.44. The number of carbonyl (C=O) groups excluding carboxylic acids is 1. The molecule has 6 nitrogen and oxygen atoms in total. The van der Waals surface area contributed by atoms with Gasteiger partial charge in [0.2, 0.25) is 5.91 Å². The first-order chi connectivity index (χ1) is 7.72. The minimum absolute atomic E-state index is 0.0423. The highest BCUT2D eigenvalue weighted by Gasteiger charge is 2.48. The van der Waals surface area contributed by atoms with E-state index in [4.69, 9.17) is 5.73 Å². The quantitative estimate of drug-likeness (QED) is 0.714. The molecule has 0 aliphatic heterocycles. The molecule has 1 fully saturated rings. The van der Waals surface area contributed by atoms with Crippen molar-refractivity contribution in [3.8, 4) is 0 Å². The summed E-state index contributed by atoms with van der Waals surface area (Å²) < 4.78 is 1.91. The molecule has 1 aliphatic rings. The van der Waals surface area contributed by atoms with Crippen LogP contribution in [0, 0.1) is 5.41 Å². The Morgan fingerprint density at radius 1 is 1.69 bits per heavy atom. The van der Waals surface area contributed by atoms with Gasteiger partial charge in [0, 0.05) is 13.1 Å². The monoisotopic (exact) mass is 223 g/mol. The third-order valence-electron chi connectivity index (χ3n) is 3.17. The van der Waals surface area contributed by atoms with E-state index in [1.165, 1.54) is 0 Å². The highest BCUT2D eigenvalue weighted by molar-refractivity contribution is 5.85. The molecule has 0 bridgehead atoms. The van der Waals surface area contributed by atoms with Gasteiger partial charge < -0.3 is 15.6 Å². The fraction of sp³-hybridized carbons (Fsp3) is 0.700. The van der Waals surface area contributed by atoms with Gasteiger partial charge >= 0.3 is 0 Å². The molecule has 0 radical (unpaired) electrons. The summed E-state index contributed by atoms with van der Waals surface area (Å²) in [7, 11) is 0. The lowest BCUT2D eigenvalue weighted by molar-refractivity contribution is -0.126. The van der Waals surface area contributed by atoms with Crippen LogP contribution in [0.25, 0.3) is 0 Å². The highest BCUT2D eigenvalue weighted by atomic mass is 16.2. The summed E-state index contributed by atoms with van der Waals surface area (Å²) in [5.74, 6) is 0.823. The van der Waals surface area contributed by atoms with E-state index in [0.29, 0.717) is 13.1 Å². The molecule has 3 N–H and O–H groups in total. The van der Waals surface area contributed by atoms with Gasteiger partial charge in [-0.3, -0.25) is 4.79 Å². The first-order valence-corrected chi connectivity index (χ1v) is 5.57. The second-order valence-corrected chi connectivity index (χ2v) is 4.20. The zero-order valence-corrected chi connectivity index (χ0v) is 9.44. The molecule has 16 heavy (non-hydrogen) atoms. The van der Waals surface area contributed by atoms with Crippen molar-refractivity contribution in [2.75, 3.05) is 6.54 Å². The average Bonchev–Trinajstić information content (AvgIpc) is 2.98. The van der Waals surface area contributed by atoms with Crippen LogP contribution < -0.4 is 11.1 Å². The molecule has 0 spiro atoms. The molecule has 0 saturated heterocycles. The number of rotatable bonds is 5. The normalized spacial score (nSPS) is 17.1. The Morgan fingerprint density at radius 3 is 3.00 bits per heavy atom. The molecule has 1 aromatic rings. The average molecular weight is 223 g/mol. The number of nitrogens with zero attached hydrogens (tertiary/aromatic N) is 3. The second-order valence-electron chi connectivity index (χ2n) is 4.20. The van der Waals surface area contributed by atoms with Gasteiger partial charge in [-0.1, -0.05) is 0 Å². The van der Waals surface area contributed by atoms with Crippen LogP contribution in [0.2, 0.25) is 0 Å². The molecule has 0 unspecified atom stereocenters. The van der Waals surface area contributed by atoms with E-state index >= 15 is 0 Å². The van der Waals surface area contributed by atoms with Gasteiger partial charge in [0.25, 0.3) is 0 Å². The fourth-order valence-corrected chi connectivity index (χ4v) is 1.70. The number of hydrogen-bond acceptors (Lipinski definition) is 4. The van der Waals surface area contributed by atoms with E-state index < -0.39 is 0 Å². The Balaban J connectivity index is 1.90. The number of hydrogen-bond donors (Lipinski definition) is 2. The Kier molecular flexibility index (Phi) is 2.91. The lowest BCUT2D eigenvalue weighted by Gasteiger charge is -2.12. The van der Waals surface area contributed by atoms with Crippen molar-refractivity contribution < 1.29 is 4.79 Å². The number of amides is 1. The van der Waals surface area contributed by atoms with Crippen molar-refractivity contribution in [1.82, 2.24) is 20.1 Å². The predicted molar refractivity (Wildman–Crippen MR) is 58.3 cm³/mol. The van der Waals surface area contributed by atoms with Crippen LogP contribution in [0.3, 0.4) is 0 Å². The van der Waals surface area contributed by atoms with Crippen molar-refractivity contribution in [2.45, 2.75) is 32.9 Å². The van der Waals surface area contributed by atoms with E-state index in [0.717, 1.165) is 25.2 Å². The van der Waals surface area contributed by atoms with Gasteiger partial charge in [-0.15, -0.1) is 10.2 Å². The van der Waals surface area contributed by atoms with Crippen LogP contribution in [0.15, 0.2) is 6.33 Å². The summed E-state index contributed by atoms with van der Waals surface area (Å²) in [6, 6.07) is 0. The van der Waals surface area contributed by atoms with E-state index in [1.807, 2.05) is 11.5 Å². The summed E-state index contributed by atoms with van der Waals surface area (Å²) in [6.45, 7) is 3.67. The molecule has 88 valence electrons. The lowest BCUT2D eigenvalue weighted by atomic mass is 10.1. The first-order valence-electron chi connectivity index (χ1n) is 5.57. The molecule has 1 aromatic heterocycles. The topological polar surface area (TPSA) is 85.8 Å². The number of aryl methyl sites for hydroxylation is 1. The predicted octanol–water partition coefficient (Wildman–Crippen LogP) is -0.347. The van der Waals surface area contributed by atoms with Crippen molar-refractivity contribution >= 4 is 5.91 Å². The van der Waals surface area contributed by atoms with E-state index in [2.05, 4.69) is 15.5 Å². The minimum Gasteiger partial charge on any atom is -0.348 e. The lowest BCUT2D eigenvalue weighted by Crippen LogP contribution is -2.36. The van der Waals surface area contributed by atoms with Crippen LogP contribution in [0.5, 0.6) is 0 Å². The van der Waals surface area contributed by atoms with Crippen molar-refractivity contribution in [2.24, 2.45) is 11.1 Å². The highest BCUT2D eigenvalue weighted by Crippen LogP contribution is 2.44. The van der Waals surface area contributed by atoms with Crippen LogP contribution in [-0.4, -0.2) is 27.2 Å². The molecular formula is C10H17N5O. The number of nitrogens with two attached hydrogens (primary N) is 1. The summed E-state index contributed by atoms with van der Waals surface area (Å²) in [6.07, 6.45) is 3.46. The minimum atomic E-state index is -0.295. The maximum Gasteiger partial charge on any atom is 0.227 e. The summed E-state index contributed by atoms with van der Waals surface area (Å²) >= 11 is 0. The van der Waals surface area contributed by atoms with Crippen LogP contribution in [-0.2, 0) is 17.9 Å². The van der Waals surface area contributed by atoms with Gasteiger partial charge in [-0.05, 0) is 19.8 Å². The number of carbonyl (C=O) groups is 1. The molecule has 1 aliphatic carbocycles. The van der Waals surface area contributed by atoms with E-state index in [-0.39, 0.29) is 11.3 Å². The van der Waals surface area contributed by atoms with E-state index in [9.17, 15) is 4.79 Å². The molecule has 6 heteroatoms. The van der Waals surface area contributed by atoms with Crippen molar-refractivity contribution in [3.05, 3.63) is 12.2 Å². The van der Waals surface area contributed by atoms with Crippen LogP contribution in [0.1, 0.15) is 25.6 Å². The Hall–Kier alpha value is -1.43. The molecule has 2 rings (SSSR count). The summed E-state index contributed by atoms with van der Waals surface area (Å²) in [5, 5.41) is 10.6. The second kappa shape index (κ2) is 4.21. The van der Waals surface area contributed by atoms with Crippen LogP contribution in [0.4, 0.5) is 0 Å². The Bertz CT molecular complexity index is 382. The zero-order chi connectivity index (χ0) is 11.6. The van der Waals surface area contributed by atoms with Crippen LogP contribution >= 0.6 is 0 Å². The third kappa shape index (κ3) is 1.92. The third-order valence-corrected chi connectivity index (χ3v) is 3.17. The standard InChI is InChI=1S/C10H17N5O/c1-2-15-7-13-14-8(15)5-12-9(16)10(6-11)3-4-10/h7H,2-6,11H2,1H3,(H,12,16). The fourth-order valence-electron chi connectivity index (χ4n) is 1.70. The molecule has 0 atom stereocenters. The van der Waals surface area contributed by atoms with Crippen molar-refractivity contribution in [3.63, 3.8) is 0 Å². The molecule has 1 saturated carbocycles. The van der Waals surface area contributed by atoms with Gasteiger partial charge in [-0.25, -0.2) is 0 Å². The molecular weight excluding hydrogens is 206 g/mol. The number of aromatic nitrogens is 3. The number of nitrogens with one attached hydrogen (secondary N) is 1. The molecule has 1 heterocycles. The molecule has 0 aromatic carbocycles. The summed E-state index contributed by atoms with van der Waals surface area (Å²) in [4.78, 5) is 11.8. The van der Waals surface area contributed by atoms with Crippen molar-refractivity contribution in [1.29, 1.82) is 0 Å². The van der Waals surface area contributed by atoms with Gasteiger partial charge in [0.1, 0.15) is 6.33 Å². The van der Waals surface area contributed by atoms with Gasteiger partial charge in [0.15, 0.2) is 5.82 Å². The van der Waals surface area contributed by atoms with Gasteiger partial charge in [0.05, 0.1) is 12.0 Å². The SMILES string of the molecule is CCn1cnnc1CNC(=O)C1(CN)CC1. The summed E-state index contributed by atoms with van der Waals surface area (Å²) in [5.41, 5.74) is 5.29. The van der Waals surface area contributed by atoms with E-state index in [1.54, 1.807) is 6.33 Å². The van der Waals surface area contributed by atoms with Gasteiger partial charge in [-0.2, -0.15) is 0 Å². The first kappa shape index (κ1) is 11.1. The maximum atomic E-state index is 11.8. The largest absolute Gasteiger partial charge is 0.348 e. The smallest absolute Gasteiger partial charge is 0.227 e. The maximum absolute atomic E-state index is 11.8. The Labute approximate surface area is 94.2 Å². The molecule has 1 amide bonds.